The molecule has 0 radical (unpaired) electrons. The largest absolute Gasteiger partial charge is 0.449 e. The number of carbonyl (C=O) groups is 2. The predicted molar refractivity (Wildman–Crippen MR) is 45.5 cm³/mol. The summed E-state index contributed by atoms with van der Waals surface area (Å²) in [4.78, 5) is 20.5. The predicted octanol–water partition coefficient (Wildman–Crippen LogP) is 0.102. The second kappa shape index (κ2) is 5.99. The molecule has 0 saturated carbocycles. The topological polar surface area (TPSA) is 105 Å². The first kappa shape index (κ1) is 13.4. The van der Waals surface area contributed by atoms with Crippen molar-refractivity contribution in [3.05, 3.63) is 0 Å². The van der Waals surface area contributed by atoms with Gasteiger partial charge in [0.1, 0.15) is 26.6 Å². The average molecular weight is 226 g/mol. The third-order valence-corrected chi connectivity index (χ3v) is 1.61. The van der Waals surface area contributed by atoms with Crippen LogP contribution in [0.3, 0.4) is 0 Å². The molecule has 4 N–H and O–H groups in total. The zero-order valence-electron chi connectivity index (χ0n) is 7.87. The minimum absolute atomic E-state index is 0.622. The van der Waals surface area contributed by atoms with E-state index >= 15 is 0 Å². The van der Waals surface area contributed by atoms with Gasteiger partial charge in [0.15, 0.2) is 0 Å². The molecule has 0 aromatic rings. The maximum absolute atomic E-state index is 12.5. The minimum atomic E-state index is -1.73. The Morgan fingerprint density at radius 1 is 1.00 bits per heavy atom. The monoisotopic (exact) mass is 226 g/mol. The van der Waals surface area contributed by atoms with Gasteiger partial charge < -0.3 is 20.9 Å². The summed E-state index contributed by atoms with van der Waals surface area (Å²) in [6.07, 6.45) is -2.33. The molecule has 0 aromatic heterocycles. The van der Waals surface area contributed by atoms with Crippen LogP contribution in [0.1, 0.15) is 0 Å². The summed E-state index contributed by atoms with van der Waals surface area (Å²) in [5.41, 5.74) is 7.52. The number of hydrogen-bond donors (Lipinski definition) is 2. The number of halogens is 2. The molecule has 0 aliphatic rings. The average Bonchev–Trinajstić information content (AvgIpc) is 2.19. The second-order valence-electron chi connectivity index (χ2n) is 2.98. The first-order valence-corrected chi connectivity index (χ1v) is 3.92. The molecule has 88 valence electrons. The second-order valence-corrected chi connectivity index (χ2v) is 2.98. The van der Waals surface area contributed by atoms with E-state index in [2.05, 4.69) is 20.9 Å². The standard InChI is InChI=1S/C7H12F2N2O4/c8-1-7(2-9,3-14-5(10)12)4-15-6(11)13/h1-4H2,(H2,10,12)(H2,11,13). The number of ether oxygens (including phenoxy) is 2. The number of nitrogens with two attached hydrogens (primary N) is 2. The van der Waals surface area contributed by atoms with Gasteiger partial charge >= 0.3 is 12.2 Å². The number of amides is 2. The number of alkyl halides is 2. The van der Waals surface area contributed by atoms with Crippen molar-refractivity contribution in [3.8, 4) is 0 Å². The minimum Gasteiger partial charge on any atom is -0.449 e. The number of hydrogen-bond acceptors (Lipinski definition) is 4. The fourth-order valence-electron chi connectivity index (χ4n) is 0.680. The van der Waals surface area contributed by atoms with Gasteiger partial charge in [-0.1, -0.05) is 0 Å². The quantitative estimate of drug-likeness (QED) is 0.670. The van der Waals surface area contributed by atoms with Crippen molar-refractivity contribution < 1.29 is 27.8 Å². The normalized spacial score (nSPS) is 10.8. The SMILES string of the molecule is NC(=O)OCC(CF)(CF)COC(N)=O. The summed E-state index contributed by atoms with van der Waals surface area (Å²) in [6.45, 7) is -3.60. The van der Waals surface area contributed by atoms with Gasteiger partial charge in [0.2, 0.25) is 0 Å². The van der Waals surface area contributed by atoms with Crippen LogP contribution in [0.4, 0.5) is 18.4 Å². The van der Waals surface area contributed by atoms with Crippen molar-refractivity contribution in [2.24, 2.45) is 16.9 Å². The molecule has 0 aliphatic heterocycles. The lowest BCUT2D eigenvalue weighted by molar-refractivity contribution is 0.000217. The van der Waals surface area contributed by atoms with Crippen molar-refractivity contribution in [2.45, 2.75) is 0 Å². The van der Waals surface area contributed by atoms with E-state index < -0.39 is 44.2 Å². The fraction of sp³-hybridized carbons (Fsp3) is 0.714. The Labute approximate surface area is 84.5 Å². The molecular formula is C7H12F2N2O4. The third kappa shape index (κ3) is 4.99. The highest BCUT2D eigenvalue weighted by Crippen LogP contribution is 2.20. The van der Waals surface area contributed by atoms with E-state index in [1.54, 1.807) is 0 Å². The van der Waals surface area contributed by atoms with Crippen molar-refractivity contribution in [1.82, 2.24) is 0 Å². The van der Waals surface area contributed by atoms with Gasteiger partial charge in [0.05, 0.1) is 5.41 Å². The van der Waals surface area contributed by atoms with E-state index in [1.807, 2.05) is 0 Å². The Bertz CT molecular complexity index is 213. The highest BCUT2D eigenvalue weighted by Gasteiger charge is 2.34. The van der Waals surface area contributed by atoms with E-state index in [0.29, 0.717) is 0 Å². The van der Waals surface area contributed by atoms with Gasteiger partial charge in [-0.25, -0.2) is 9.59 Å². The molecular weight excluding hydrogens is 214 g/mol. The van der Waals surface area contributed by atoms with E-state index in [9.17, 15) is 18.4 Å². The van der Waals surface area contributed by atoms with Gasteiger partial charge in [-0.2, -0.15) is 0 Å². The molecule has 0 bridgehead atoms. The molecule has 0 rings (SSSR count). The first-order valence-electron chi connectivity index (χ1n) is 3.92. The smallest absolute Gasteiger partial charge is 0.404 e. The summed E-state index contributed by atoms with van der Waals surface area (Å²) in [7, 11) is 0. The molecule has 0 aromatic carbocycles. The van der Waals surface area contributed by atoms with Crippen LogP contribution >= 0.6 is 0 Å². The van der Waals surface area contributed by atoms with Gasteiger partial charge in [0, 0.05) is 0 Å². The van der Waals surface area contributed by atoms with Crippen LogP contribution in [0.5, 0.6) is 0 Å². The van der Waals surface area contributed by atoms with E-state index in [0.717, 1.165) is 0 Å². The summed E-state index contributed by atoms with van der Waals surface area (Å²) < 4.78 is 33.5. The van der Waals surface area contributed by atoms with Gasteiger partial charge in [-0.05, 0) is 0 Å². The molecule has 0 saturated heterocycles. The highest BCUT2D eigenvalue weighted by atomic mass is 19.1. The zero-order valence-corrected chi connectivity index (χ0v) is 7.87. The molecule has 2 amide bonds. The van der Waals surface area contributed by atoms with Crippen LogP contribution < -0.4 is 11.5 Å². The molecule has 0 unspecified atom stereocenters. The lowest BCUT2D eigenvalue weighted by atomic mass is 9.94. The molecule has 15 heavy (non-hydrogen) atoms. The number of rotatable bonds is 6. The van der Waals surface area contributed by atoms with Crippen LogP contribution in [-0.4, -0.2) is 38.7 Å². The number of primary amides is 2. The van der Waals surface area contributed by atoms with Crippen molar-refractivity contribution in [1.29, 1.82) is 0 Å². The number of carbonyl (C=O) groups excluding carboxylic acids is 2. The lowest BCUT2D eigenvalue weighted by Crippen LogP contribution is -2.39. The molecule has 0 fully saturated rings. The Morgan fingerprint density at radius 2 is 1.33 bits per heavy atom. The van der Waals surface area contributed by atoms with Gasteiger partial charge in [0.25, 0.3) is 0 Å². The molecule has 0 heterocycles. The Morgan fingerprint density at radius 3 is 1.53 bits per heavy atom. The Hall–Kier alpha value is -1.60. The highest BCUT2D eigenvalue weighted by molar-refractivity contribution is 5.65. The van der Waals surface area contributed by atoms with Gasteiger partial charge in [-0.3, -0.25) is 8.78 Å². The zero-order chi connectivity index (χ0) is 11.9. The molecule has 8 heteroatoms. The summed E-state index contributed by atoms with van der Waals surface area (Å²) >= 11 is 0. The van der Waals surface area contributed by atoms with Crippen LogP contribution in [0, 0.1) is 5.41 Å². The Kier molecular flexibility index (Phi) is 5.35. The maximum Gasteiger partial charge on any atom is 0.404 e. The van der Waals surface area contributed by atoms with E-state index in [-0.39, 0.29) is 0 Å². The van der Waals surface area contributed by atoms with Crippen LogP contribution in [0.2, 0.25) is 0 Å². The van der Waals surface area contributed by atoms with Crippen LogP contribution in [0.15, 0.2) is 0 Å². The summed E-state index contributed by atoms with van der Waals surface area (Å²) in [5, 5.41) is 0. The fourth-order valence-corrected chi connectivity index (χ4v) is 0.680. The van der Waals surface area contributed by atoms with Crippen LogP contribution in [-0.2, 0) is 9.47 Å². The molecule has 6 nitrogen and oxygen atoms in total. The van der Waals surface area contributed by atoms with Crippen molar-refractivity contribution in [2.75, 3.05) is 26.6 Å². The van der Waals surface area contributed by atoms with E-state index in [1.165, 1.54) is 0 Å². The molecule has 0 atom stereocenters. The van der Waals surface area contributed by atoms with Crippen molar-refractivity contribution >= 4 is 12.2 Å². The third-order valence-electron chi connectivity index (χ3n) is 1.61. The molecule has 0 aliphatic carbocycles. The lowest BCUT2D eigenvalue weighted by Gasteiger charge is -2.25. The van der Waals surface area contributed by atoms with Gasteiger partial charge in [-0.15, -0.1) is 0 Å². The first-order chi connectivity index (χ1) is 6.95. The summed E-state index contributed by atoms with van der Waals surface area (Å²) in [6, 6.07) is 0. The van der Waals surface area contributed by atoms with E-state index in [4.69, 9.17) is 0 Å². The van der Waals surface area contributed by atoms with Crippen molar-refractivity contribution in [3.63, 3.8) is 0 Å². The maximum atomic E-state index is 12.5. The summed E-state index contributed by atoms with van der Waals surface area (Å²) in [5.74, 6) is 0. The van der Waals surface area contributed by atoms with Crippen LogP contribution in [0.25, 0.3) is 0 Å². The Balaban J connectivity index is 4.29. The molecule has 0 spiro atoms.